The van der Waals surface area contributed by atoms with Gasteiger partial charge < -0.3 is 10.1 Å². The van der Waals surface area contributed by atoms with E-state index in [9.17, 15) is 0 Å². The van der Waals surface area contributed by atoms with Crippen LogP contribution >= 0.6 is 34.8 Å². The molecule has 0 spiro atoms. The predicted molar refractivity (Wildman–Crippen MR) is 71.0 cm³/mol. The Morgan fingerprint density at radius 3 is 2.31 bits per heavy atom. The smallest absolute Gasteiger partial charge is 0.0722 e. The maximum absolute atomic E-state index is 6.04. The third kappa shape index (κ3) is 4.02. The van der Waals surface area contributed by atoms with Gasteiger partial charge in [-0.2, -0.15) is 0 Å². The van der Waals surface area contributed by atoms with Crippen molar-refractivity contribution in [3.05, 3.63) is 27.2 Å². The van der Waals surface area contributed by atoms with Gasteiger partial charge in [0.1, 0.15) is 0 Å². The largest absolute Gasteiger partial charge is 0.380 e. The summed E-state index contributed by atoms with van der Waals surface area (Å²) in [7, 11) is 0. The molecule has 0 aromatic heterocycles. The first-order chi connectivity index (χ1) is 7.54. The summed E-state index contributed by atoms with van der Waals surface area (Å²) >= 11 is 17.9. The molecule has 1 aromatic carbocycles. The quantitative estimate of drug-likeness (QED) is 0.859. The lowest BCUT2D eigenvalue weighted by Crippen LogP contribution is -2.22. The van der Waals surface area contributed by atoms with E-state index in [1.807, 2.05) is 13.8 Å². The molecule has 2 nitrogen and oxygen atoms in total. The number of rotatable bonds is 5. The van der Waals surface area contributed by atoms with E-state index >= 15 is 0 Å². The van der Waals surface area contributed by atoms with Crippen LogP contribution in [0.4, 0.5) is 5.69 Å². The van der Waals surface area contributed by atoms with Crippen LogP contribution in [0.5, 0.6) is 0 Å². The molecule has 0 saturated carbocycles. The van der Waals surface area contributed by atoms with Gasteiger partial charge in [0.15, 0.2) is 0 Å². The number of benzene rings is 1. The van der Waals surface area contributed by atoms with Crippen LogP contribution in [0.1, 0.15) is 13.8 Å². The number of hydrogen-bond donors (Lipinski definition) is 1. The highest BCUT2D eigenvalue weighted by atomic mass is 35.5. The minimum atomic E-state index is 0.135. The summed E-state index contributed by atoms with van der Waals surface area (Å²) in [6.07, 6.45) is 0. The van der Waals surface area contributed by atoms with Gasteiger partial charge in [-0.15, -0.1) is 0 Å². The Morgan fingerprint density at radius 1 is 1.25 bits per heavy atom. The van der Waals surface area contributed by atoms with Crippen LogP contribution in [-0.4, -0.2) is 19.3 Å². The van der Waals surface area contributed by atoms with Gasteiger partial charge in [0, 0.05) is 17.7 Å². The van der Waals surface area contributed by atoms with Crippen molar-refractivity contribution in [3.8, 4) is 0 Å². The van der Waals surface area contributed by atoms with Crippen molar-refractivity contribution in [3.63, 3.8) is 0 Å². The van der Waals surface area contributed by atoms with E-state index in [0.29, 0.717) is 34.0 Å². The highest BCUT2D eigenvalue weighted by molar-refractivity contribution is 6.41. The van der Waals surface area contributed by atoms with Gasteiger partial charge in [-0.05, 0) is 26.0 Å². The van der Waals surface area contributed by atoms with Crippen molar-refractivity contribution in [2.75, 3.05) is 18.5 Å². The summed E-state index contributed by atoms with van der Waals surface area (Å²) in [5.41, 5.74) is 0.694. The summed E-state index contributed by atoms with van der Waals surface area (Å²) in [6.45, 7) is 5.24. The van der Waals surface area contributed by atoms with Crippen molar-refractivity contribution in [1.29, 1.82) is 0 Å². The van der Waals surface area contributed by atoms with Gasteiger partial charge in [0.25, 0.3) is 0 Å². The van der Waals surface area contributed by atoms with Crippen molar-refractivity contribution in [2.24, 2.45) is 0 Å². The summed E-state index contributed by atoms with van der Waals surface area (Å²) in [4.78, 5) is 0. The van der Waals surface area contributed by atoms with Crippen LogP contribution in [-0.2, 0) is 4.74 Å². The van der Waals surface area contributed by atoms with Crippen LogP contribution in [0.25, 0.3) is 0 Å². The lowest BCUT2D eigenvalue weighted by molar-refractivity contribution is 0.141. The molecule has 0 fully saturated rings. The van der Waals surface area contributed by atoms with E-state index in [1.54, 1.807) is 12.1 Å². The van der Waals surface area contributed by atoms with E-state index in [1.165, 1.54) is 0 Å². The number of anilines is 1. The fraction of sp³-hybridized carbons (Fsp3) is 0.455. The molecule has 90 valence electrons. The normalized spacial score (nSPS) is 12.6. The Morgan fingerprint density at radius 2 is 1.81 bits per heavy atom. The molecular weight excluding hydrogens is 268 g/mol. The molecule has 0 aliphatic heterocycles. The van der Waals surface area contributed by atoms with E-state index in [2.05, 4.69) is 5.32 Å². The molecule has 0 bridgehead atoms. The molecule has 0 heterocycles. The lowest BCUT2D eigenvalue weighted by Gasteiger charge is -2.17. The summed E-state index contributed by atoms with van der Waals surface area (Å²) in [6, 6.07) is 3.45. The number of ether oxygens (including phenoxy) is 1. The van der Waals surface area contributed by atoms with Crippen LogP contribution < -0.4 is 5.32 Å². The Kier molecular flexibility index (Phi) is 5.70. The van der Waals surface area contributed by atoms with E-state index in [-0.39, 0.29) is 6.04 Å². The van der Waals surface area contributed by atoms with Crippen molar-refractivity contribution < 1.29 is 4.74 Å². The van der Waals surface area contributed by atoms with Gasteiger partial charge in [-0.1, -0.05) is 34.8 Å². The second-order valence-corrected chi connectivity index (χ2v) is 4.70. The molecule has 1 unspecified atom stereocenters. The molecule has 0 aliphatic carbocycles. The highest BCUT2D eigenvalue weighted by Crippen LogP contribution is 2.33. The fourth-order valence-corrected chi connectivity index (χ4v) is 2.19. The average molecular weight is 283 g/mol. The average Bonchev–Trinajstić information content (AvgIpc) is 2.20. The van der Waals surface area contributed by atoms with E-state index in [0.717, 1.165) is 0 Å². The first-order valence-corrected chi connectivity index (χ1v) is 6.16. The Hall–Kier alpha value is -0.150. The van der Waals surface area contributed by atoms with Crippen molar-refractivity contribution in [1.82, 2.24) is 0 Å². The summed E-state index contributed by atoms with van der Waals surface area (Å²) in [5.74, 6) is 0. The maximum atomic E-state index is 6.04. The molecule has 1 atom stereocenters. The predicted octanol–water partition coefficient (Wildman–Crippen LogP) is 4.48. The Labute approximate surface area is 111 Å². The van der Waals surface area contributed by atoms with Gasteiger partial charge >= 0.3 is 0 Å². The number of halogens is 3. The third-order valence-electron chi connectivity index (χ3n) is 1.97. The molecule has 16 heavy (non-hydrogen) atoms. The van der Waals surface area contributed by atoms with Crippen molar-refractivity contribution in [2.45, 2.75) is 19.9 Å². The molecule has 5 heteroatoms. The molecule has 0 saturated heterocycles. The molecule has 1 rings (SSSR count). The number of hydrogen-bond acceptors (Lipinski definition) is 2. The summed E-state index contributed by atoms with van der Waals surface area (Å²) < 4.78 is 5.30. The highest BCUT2D eigenvalue weighted by Gasteiger charge is 2.10. The molecule has 0 aliphatic rings. The zero-order chi connectivity index (χ0) is 12.1. The number of nitrogens with one attached hydrogen (secondary N) is 1. The van der Waals surface area contributed by atoms with Gasteiger partial charge in [-0.25, -0.2) is 0 Å². The third-order valence-corrected chi connectivity index (χ3v) is 2.78. The van der Waals surface area contributed by atoms with E-state index in [4.69, 9.17) is 39.5 Å². The lowest BCUT2D eigenvalue weighted by atomic mass is 10.2. The minimum absolute atomic E-state index is 0.135. The van der Waals surface area contributed by atoms with Gasteiger partial charge in [0.05, 0.1) is 22.3 Å². The van der Waals surface area contributed by atoms with Crippen LogP contribution in [0.15, 0.2) is 12.1 Å². The standard InChI is InChI=1S/C11H14Cl3NO/c1-3-16-6-7(2)15-11-9(13)4-8(12)5-10(11)14/h4-5,7,15H,3,6H2,1-2H3. The topological polar surface area (TPSA) is 21.3 Å². The SMILES string of the molecule is CCOCC(C)Nc1c(Cl)cc(Cl)cc1Cl. The van der Waals surface area contributed by atoms with Crippen LogP contribution in [0.3, 0.4) is 0 Å². The van der Waals surface area contributed by atoms with Crippen molar-refractivity contribution >= 4 is 40.5 Å². The van der Waals surface area contributed by atoms with E-state index < -0.39 is 0 Å². The second kappa shape index (κ2) is 6.55. The summed E-state index contributed by atoms with van der Waals surface area (Å²) in [5, 5.41) is 4.75. The molecule has 0 radical (unpaired) electrons. The second-order valence-electron chi connectivity index (χ2n) is 3.45. The molecular formula is C11H14Cl3NO. The molecule has 0 amide bonds. The first-order valence-electron chi connectivity index (χ1n) is 5.03. The monoisotopic (exact) mass is 281 g/mol. The Balaban J connectivity index is 2.73. The zero-order valence-electron chi connectivity index (χ0n) is 9.19. The van der Waals surface area contributed by atoms with Gasteiger partial charge in [0.2, 0.25) is 0 Å². The fourth-order valence-electron chi connectivity index (χ4n) is 1.26. The maximum Gasteiger partial charge on any atom is 0.0722 e. The minimum Gasteiger partial charge on any atom is -0.380 e. The van der Waals surface area contributed by atoms with Crippen LogP contribution in [0, 0.1) is 0 Å². The first kappa shape index (κ1) is 13.9. The van der Waals surface area contributed by atoms with Gasteiger partial charge in [-0.3, -0.25) is 0 Å². The molecule has 1 aromatic rings. The zero-order valence-corrected chi connectivity index (χ0v) is 11.5. The van der Waals surface area contributed by atoms with Crippen LogP contribution in [0.2, 0.25) is 15.1 Å². The Bertz CT molecular complexity index is 334. The molecule has 1 N–H and O–H groups in total.